The predicted octanol–water partition coefficient (Wildman–Crippen LogP) is 5.89. The number of nitrogens with one attached hydrogen (secondary N) is 1. The van der Waals surface area contributed by atoms with Crippen molar-refractivity contribution in [3.05, 3.63) is 70.7 Å². The molecule has 0 saturated carbocycles. The van der Waals surface area contributed by atoms with Crippen molar-refractivity contribution < 1.29 is 4.42 Å². The van der Waals surface area contributed by atoms with Gasteiger partial charge in [-0.3, -0.25) is 0 Å². The summed E-state index contributed by atoms with van der Waals surface area (Å²) < 4.78 is 6.12. The molecule has 1 aliphatic rings. The lowest BCUT2D eigenvalue weighted by atomic mass is 9.95. The Morgan fingerprint density at radius 1 is 0.955 bits per heavy atom. The third-order valence-corrected chi connectivity index (χ3v) is 4.66. The second kappa shape index (κ2) is 4.28. The second-order valence-electron chi connectivity index (χ2n) is 5.65. The van der Waals surface area contributed by atoms with Gasteiger partial charge in [0.05, 0.1) is 5.02 Å². The van der Waals surface area contributed by atoms with E-state index in [2.05, 4.69) is 29.6 Å². The highest BCUT2D eigenvalue weighted by Gasteiger charge is 2.22. The van der Waals surface area contributed by atoms with Crippen molar-refractivity contribution in [1.29, 1.82) is 0 Å². The molecule has 0 radical (unpaired) electrons. The second-order valence-corrected chi connectivity index (χ2v) is 6.05. The lowest BCUT2D eigenvalue weighted by molar-refractivity contribution is 0.664. The van der Waals surface area contributed by atoms with Gasteiger partial charge in [0, 0.05) is 34.1 Å². The van der Waals surface area contributed by atoms with Crippen LogP contribution in [0.2, 0.25) is 5.02 Å². The number of fused-ring (bicyclic) bond motifs is 6. The van der Waals surface area contributed by atoms with Crippen LogP contribution in [0.3, 0.4) is 0 Å². The molecule has 0 saturated heterocycles. The van der Waals surface area contributed by atoms with Crippen molar-refractivity contribution in [1.82, 2.24) is 0 Å². The van der Waals surface area contributed by atoms with Crippen molar-refractivity contribution in [2.24, 2.45) is 0 Å². The maximum absolute atomic E-state index is 6.54. The summed E-state index contributed by atoms with van der Waals surface area (Å²) in [6.45, 7) is 0. The van der Waals surface area contributed by atoms with E-state index < -0.39 is 0 Å². The monoisotopic (exact) mass is 305 g/mol. The molecular weight excluding hydrogens is 294 g/mol. The summed E-state index contributed by atoms with van der Waals surface area (Å²) in [6.07, 6.45) is 0.853. The normalized spacial score (nSPS) is 13.0. The molecule has 0 amide bonds. The molecule has 0 atom stereocenters. The van der Waals surface area contributed by atoms with E-state index in [1.165, 1.54) is 11.1 Å². The fourth-order valence-corrected chi connectivity index (χ4v) is 3.62. The van der Waals surface area contributed by atoms with E-state index in [1.54, 1.807) is 0 Å². The van der Waals surface area contributed by atoms with Crippen molar-refractivity contribution >= 4 is 44.9 Å². The van der Waals surface area contributed by atoms with Gasteiger partial charge in [-0.1, -0.05) is 48.0 Å². The van der Waals surface area contributed by atoms with Crippen LogP contribution in [-0.4, -0.2) is 0 Å². The molecule has 1 aromatic heterocycles. The first-order chi connectivity index (χ1) is 10.8. The summed E-state index contributed by atoms with van der Waals surface area (Å²) in [4.78, 5) is 0. The minimum atomic E-state index is 0.727. The molecule has 106 valence electrons. The Morgan fingerprint density at radius 3 is 2.73 bits per heavy atom. The van der Waals surface area contributed by atoms with Gasteiger partial charge < -0.3 is 9.73 Å². The highest BCUT2D eigenvalue weighted by Crippen LogP contribution is 2.43. The maximum atomic E-state index is 6.54. The first kappa shape index (κ1) is 12.1. The molecular formula is C19H12ClNO. The third-order valence-electron chi connectivity index (χ3n) is 4.36. The van der Waals surface area contributed by atoms with Crippen LogP contribution in [0.1, 0.15) is 11.1 Å². The summed E-state index contributed by atoms with van der Waals surface area (Å²) in [7, 11) is 0. The average molecular weight is 306 g/mol. The molecule has 0 bridgehead atoms. The predicted molar refractivity (Wildman–Crippen MR) is 91.3 cm³/mol. The van der Waals surface area contributed by atoms with E-state index >= 15 is 0 Å². The van der Waals surface area contributed by atoms with Gasteiger partial charge in [-0.25, -0.2) is 0 Å². The SMILES string of the molecule is Clc1cc2c(c3oc4ccccc4c13)Cc1ccccc1N2. The van der Waals surface area contributed by atoms with Crippen molar-refractivity contribution in [2.45, 2.75) is 6.42 Å². The zero-order valence-corrected chi connectivity index (χ0v) is 12.4. The Morgan fingerprint density at radius 2 is 1.77 bits per heavy atom. The molecule has 5 rings (SSSR count). The molecule has 3 heteroatoms. The lowest BCUT2D eigenvalue weighted by Gasteiger charge is -2.21. The fraction of sp³-hybridized carbons (Fsp3) is 0.0526. The van der Waals surface area contributed by atoms with Crippen LogP contribution in [0.25, 0.3) is 21.9 Å². The number of para-hydroxylation sites is 2. The van der Waals surface area contributed by atoms with Crippen LogP contribution in [0.15, 0.2) is 59.0 Å². The molecule has 2 nitrogen and oxygen atoms in total. The standard InChI is InChI=1S/C19H12ClNO/c20-14-10-16-13(9-11-5-1-3-7-15(11)21-16)19-18(14)12-6-2-4-8-17(12)22-19/h1-8,10,21H,9H2. The first-order valence-corrected chi connectivity index (χ1v) is 7.66. The molecule has 0 aliphatic carbocycles. The summed E-state index contributed by atoms with van der Waals surface area (Å²) >= 11 is 6.54. The van der Waals surface area contributed by atoms with Gasteiger partial charge >= 0.3 is 0 Å². The van der Waals surface area contributed by atoms with Crippen LogP contribution in [0.4, 0.5) is 11.4 Å². The number of halogens is 1. The van der Waals surface area contributed by atoms with E-state index in [0.29, 0.717) is 0 Å². The first-order valence-electron chi connectivity index (χ1n) is 7.29. The molecule has 0 fully saturated rings. The molecule has 4 aromatic rings. The minimum Gasteiger partial charge on any atom is -0.456 e. The Kier molecular flexibility index (Phi) is 2.36. The number of hydrogen-bond acceptors (Lipinski definition) is 2. The van der Waals surface area contributed by atoms with Crippen molar-refractivity contribution in [3.63, 3.8) is 0 Å². The van der Waals surface area contributed by atoms with Gasteiger partial charge in [0.1, 0.15) is 11.2 Å². The van der Waals surface area contributed by atoms with E-state index in [-0.39, 0.29) is 0 Å². The summed E-state index contributed by atoms with van der Waals surface area (Å²) in [5.74, 6) is 0. The van der Waals surface area contributed by atoms with Crippen LogP contribution < -0.4 is 5.32 Å². The molecule has 2 heterocycles. The number of furan rings is 1. The zero-order chi connectivity index (χ0) is 14.7. The van der Waals surface area contributed by atoms with Gasteiger partial charge in [-0.2, -0.15) is 0 Å². The van der Waals surface area contributed by atoms with Gasteiger partial charge in [0.15, 0.2) is 0 Å². The summed E-state index contributed by atoms with van der Waals surface area (Å²) in [5, 5.41) is 6.29. The van der Waals surface area contributed by atoms with Crippen LogP contribution >= 0.6 is 11.6 Å². The highest BCUT2D eigenvalue weighted by molar-refractivity contribution is 6.38. The zero-order valence-electron chi connectivity index (χ0n) is 11.7. The molecule has 1 N–H and O–H groups in total. The Bertz CT molecular complexity index is 1050. The molecule has 0 spiro atoms. The topological polar surface area (TPSA) is 25.2 Å². The van der Waals surface area contributed by atoms with E-state index in [9.17, 15) is 0 Å². The third kappa shape index (κ3) is 1.56. The molecule has 1 aliphatic heterocycles. The largest absolute Gasteiger partial charge is 0.456 e. The highest BCUT2D eigenvalue weighted by atomic mass is 35.5. The van der Waals surface area contributed by atoms with E-state index in [0.717, 1.165) is 44.8 Å². The van der Waals surface area contributed by atoms with Crippen LogP contribution in [0, 0.1) is 0 Å². The minimum absolute atomic E-state index is 0.727. The summed E-state index contributed by atoms with van der Waals surface area (Å²) in [5.41, 5.74) is 6.41. The van der Waals surface area contributed by atoms with E-state index in [1.807, 2.05) is 30.3 Å². The molecule has 22 heavy (non-hydrogen) atoms. The van der Waals surface area contributed by atoms with Crippen molar-refractivity contribution in [2.75, 3.05) is 5.32 Å². The van der Waals surface area contributed by atoms with Gasteiger partial charge in [0.2, 0.25) is 0 Å². The number of rotatable bonds is 0. The van der Waals surface area contributed by atoms with Crippen molar-refractivity contribution in [3.8, 4) is 0 Å². The number of hydrogen-bond donors (Lipinski definition) is 1. The van der Waals surface area contributed by atoms with Gasteiger partial charge in [0.25, 0.3) is 0 Å². The maximum Gasteiger partial charge on any atom is 0.142 e. The van der Waals surface area contributed by atoms with Crippen LogP contribution in [0.5, 0.6) is 0 Å². The van der Waals surface area contributed by atoms with Gasteiger partial charge in [-0.15, -0.1) is 0 Å². The van der Waals surface area contributed by atoms with Gasteiger partial charge in [-0.05, 0) is 23.8 Å². The Labute approximate surface area is 132 Å². The number of benzene rings is 3. The fourth-order valence-electron chi connectivity index (χ4n) is 3.32. The average Bonchev–Trinajstić information content (AvgIpc) is 2.94. The number of anilines is 2. The molecule has 3 aromatic carbocycles. The van der Waals surface area contributed by atoms with Crippen LogP contribution in [-0.2, 0) is 6.42 Å². The smallest absolute Gasteiger partial charge is 0.142 e. The Balaban J connectivity index is 1.87. The Hall–Kier alpha value is -2.45. The lowest BCUT2D eigenvalue weighted by Crippen LogP contribution is -2.06. The molecule has 0 unspecified atom stereocenters. The van der Waals surface area contributed by atoms with E-state index in [4.69, 9.17) is 16.0 Å². The summed E-state index contributed by atoms with van der Waals surface area (Å²) in [6, 6.07) is 18.4. The quantitative estimate of drug-likeness (QED) is 0.386.